The minimum atomic E-state index is -1.76. The maximum absolute atomic E-state index is 11.4. The summed E-state index contributed by atoms with van der Waals surface area (Å²) in [7, 11) is 0. The molecule has 0 radical (unpaired) electrons. The molecule has 3 N–H and O–H groups in total. The van der Waals surface area contributed by atoms with E-state index in [4.69, 9.17) is 5.73 Å². The number of benzene rings is 1. The summed E-state index contributed by atoms with van der Waals surface area (Å²) in [5.74, 6) is -2.00. The van der Waals surface area contributed by atoms with Crippen molar-refractivity contribution < 1.29 is 14.7 Å². The van der Waals surface area contributed by atoms with Gasteiger partial charge in [0.1, 0.15) is 0 Å². The van der Waals surface area contributed by atoms with Crippen LogP contribution in [0.3, 0.4) is 0 Å². The molecule has 0 fully saturated rings. The Balaban J connectivity index is 2.39. The number of carbonyl (C=O) groups is 2. The van der Waals surface area contributed by atoms with Crippen LogP contribution >= 0.6 is 0 Å². The molecule has 1 amide bonds. The summed E-state index contributed by atoms with van der Waals surface area (Å²) in [5.41, 5.74) is 4.09. The van der Waals surface area contributed by atoms with E-state index in [-0.39, 0.29) is 12.2 Å². The van der Waals surface area contributed by atoms with Crippen LogP contribution in [-0.2, 0) is 16.0 Å². The summed E-state index contributed by atoms with van der Waals surface area (Å²) in [6, 6.07) is 8.96. The van der Waals surface area contributed by atoms with Crippen LogP contribution in [0, 0.1) is 5.41 Å². The Bertz CT molecular complexity index is 624. The lowest BCUT2D eigenvalue weighted by atomic mass is 9.86. The summed E-state index contributed by atoms with van der Waals surface area (Å²) in [4.78, 5) is 22.7. The van der Waals surface area contributed by atoms with Gasteiger partial charge in [0, 0.05) is 6.42 Å². The molecule has 8 heteroatoms. The van der Waals surface area contributed by atoms with Gasteiger partial charge in [0.25, 0.3) is 0 Å². The minimum Gasteiger partial charge on any atom is -0.480 e. The summed E-state index contributed by atoms with van der Waals surface area (Å²) < 4.78 is 1.38. The van der Waals surface area contributed by atoms with Gasteiger partial charge >= 0.3 is 5.97 Å². The van der Waals surface area contributed by atoms with Gasteiger partial charge < -0.3 is 10.8 Å². The smallest absolute Gasteiger partial charge is 0.319 e. The minimum absolute atomic E-state index is 0.195. The molecule has 1 aromatic heterocycles. The van der Waals surface area contributed by atoms with E-state index in [1.54, 1.807) is 24.3 Å². The van der Waals surface area contributed by atoms with Crippen LogP contribution in [0.1, 0.15) is 12.7 Å². The maximum atomic E-state index is 11.4. The molecule has 0 bridgehead atoms. The van der Waals surface area contributed by atoms with E-state index in [0.29, 0.717) is 5.69 Å². The number of rotatable bonds is 5. The molecule has 20 heavy (non-hydrogen) atoms. The van der Waals surface area contributed by atoms with Gasteiger partial charge in [-0.3, -0.25) is 9.59 Å². The average molecular weight is 275 g/mol. The Morgan fingerprint density at radius 2 is 2.00 bits per heavy atom. The number of carboxylic acids is 1. The highest BCUT2D eigenvalue weighted by molar-refractivity contribution is 6.00. The lowest BCUT2D eigenvalue weighted by Gasteiger charge is -2.19. The summed E-state index contributed by atoms with van der Waals surface area (Å²) >= 11 is 0. The molecule has 0 spiro atoms. The van der Waals surface area contributed by atoms with Gasteiger partial charge in [0.2, 0.25) is 5.91 Å². The van der Waals surface area contributed by atoms with E-state index in [1.807, 2.05) is 6.07 Å². The van der Waals surface area contributed by atoms with Gasteiger partial charge in [0.15, 0.2) is 11.2 Å². The fraction of sp³-hybridized carbons (Fsp3) is 0.250. The number of carboxylic acid groups (broad SMARTS) is 1. The Morgan fingerprint density at radius 3 is 2.55 bits per heavy atom. The molecule has 2 aromatic rings. The van der Waals surface area contributed by atoms with E-state index in [2.05, 4.69) is 15.5 Å². The number of primary amides is 1. The lowest BCUT2D eigenvalue weighted by Crippen LogP contribution is -2.43. The highest BCUT2D eigenvalue weighted by Gasteiger charge is 2.41. The van der Waals surface area contributed by atoms with E-state index in [0.717, 1.165) is 0 Å². The van der Waals surface area contributed by atoms with Gasteiger partial charge in [-0.15, -0.1) is 5.10 Å². The summed E-state index contributed by atoms with van der Waals surface area (Å²) in [6.07, 6.45) is -0.195. The molecule has 0 aliphatic heterocycles. The third-order valence-corrected chi connectivity index (χ3v) is 3.06. The first-order chi connectivity index (χ1) is 9.45. The van der Waals surface area contributed by atoms with Crippen molar-refractivity contribution in [3.63, 3.8) is 0 Å². The predicted molar refractivity (Wildman–Crippen MR) is 67.8 cm³/mol. The number of nitrogens with zero attached hydrogens (tertiary/aromatic N) is 4. The maximum Gasteiger partial charge on any atom is 0.319 e. The molecule has 0 aliphatic rings. The number of para-hydroxylation sites is 1. The quantitative estimate of drug-likeness (QED) is 0.727. The zero-order valence-electron chi connectivity index (χ0n) is 10.7. The zero-order chi connectivity index (χ0) is 14.8. The second kappa shape index (κ2) is 5.08. The van der Waals surface area contributed by atoms with Gasteiger partial charge in [0.05, 0.1) is 5.69 Å². The molecule has 0 saturated carbocycles. The molecule has 104 valence electrons. The second-order valence-corrected chi connectivity index (χ2v) is 4.52. The zero-order valence-corrected chi connectivity index (χ0v) is 10.7. The van der Waals surface area contributed by atoms with Crippen LogP contribution in [0.25, 0.3) is 5.69 Å². The van der Waals surface area contributed by atoms with Crippen molar-refractivity contribution in [2.75, 3.05) is 0 Å². The highest BCUT2D eigenvalue weighted by Crippen LogP contribution is 2.22. The fourth-order valence-corrected chi connectivity index (χ4v) is 1.67. The molecule has 0 aliphatic carbocycles. The normalized spacial score (nSPS) is 13.7. The van der Waals surface area contributed by atoms with Gasteiger partial charge in [-0.2, -0.15) is 4.68 Å². The number of nitrogens with two attached hydrogens (primary N) is 1. The van der Waals surface area contributed by atoms with Gasteiger partial charge in [-0.25, -0.2) is 0 Å². The molecule has 2 rings (SSSR count). The van der Waals surface area contributed by atoms with E-state index in [9.17, 15) is 14.7 Å². The predicted octanol–water partition coefficient (Wildman–Crippen LogP) is -0.219. The van der Waals surface area contributed by atoms with Crippen molar-refractivity contribution in [3.8, 4) is 5.69 Å². The number of carbonyl (C=O) groups excluding carboxylic acids is 1. The van der Waals surface area contributed by atoms with Crippen LogP contribution in [0.2, 0.25) is 0 Å². The number of hydrogen-bond acceptors (Lipinski definition) is 5. The molecule has 1 unspecified atom stereocenters. The van der Waals surface area contributed by atoms with E-state index in [1.165, 1.54) is 11.6 Å². The standard InChI is InChI=1S/C12H13N5O3/c1-12(10(13)18,11(19)20)7-9-14-15-16-17(9)8-5-3-2-4-6-8/h2-6H,7H2,1H3,(H2,13,18)(H,19,20). The molecular weight excluding hydrogens is 262 g/mol. The van der Waals surface area contributed by atoms with Crippen molar-refractivity contribution >= 4 is 11.9 Å². The van der Waals surface area contributed by atoms with Crippen molar-refractivity contribution in [3.05, 3.63) is 36.2 Å². The SMILES string of the molecule is CC(Cc1nnnn1-c1ccccc1)(C(N)=O)C(=O)O. The molecule has 8 nitrogen and oxygen atoms in total. The number of amides is 1. The number of hydrogen-bond donors (Lipinski definition) is 2. The Hall–Kier alpha value is -2.77. The average Bonchev–Trinajstić information content (AvgIpc) is 2.87. The van der Waals surface area contributed by atoms with Crippen LogP contribution in [-0.4, -0.2) is 37.2 Å². The molecule has 0 saturated heterocycles. The first kappa shape index (κ1) is 13.7. The largest absolute Gasteiger partial charge is 0.480 e. The monoisotopic (exact) mass is 275 g/mol. The van der Waals surface area contributed by atoms with Gasteiger partial charge in [-0.05, 0) is 29.5 Å². The first-order valence-corrected chi connectivity index (χ1v) is 5.81. The lowest BCUT2D eigenvalue weighted by molar-refractivity contribution is -0.153. The summed E-state index contributed by atoms with van der Waals surface area (Å²) in [5, 5.41) is 20.3. The van der Waals surface area contributed by atoms with Crippen LogP contribution < -0.4 is 5.73 Å². The van der Waals surface area contributed by atoms with Crippen molar-refractivity contribution in [1.82, 2.24) is 20.2 Å². The Labute approximate surface area is 114 Å². The number of aliphatic carboxylic acids is 1. The van der Waals surface area contributed by atoms with Crippen LogP contribution in [0.15, 0.2) is 30.3 Å². The fourth-order valence-electron chi connectivity index (χ4n) is 1.67. The topological polar surface area (TPSA) is 124 Å². The van der Waals surface area contributed by atoms with Gasteiger partial charge in [-0.1, -0.05) is 18.2 Å². The van der Waals surface area contributed by atoms with E-state index >= 15 is 0 Å². The van der Waals surface area contributed by atoms with Crippen LogP contribution in [0.5, 0.6) is 0 Å². The number of aromatic nitrogens is 4. The van der Waals surface area contributed by atoms with E-state index < -0.39 is 17.3 Å². The Kier molecular flexibility index (Phi) is 3.47. The van der Waals surface area contributed by atoms with Crippen molar-refractivity contribution in [2.45, 2.75) is 13.3 Å². The molecule has 1 aromatic carbocycles. The summed E-state index contributed by atoms with van der Waals surface area (Å²) in [6.45, 7) is 1.25. The Morgan fingerprint density at radius 1 is 1.35 bits per heavy atom. The second-order valence-electron chi connectivity index (χ2n) is 4.52. The molecular formula is C12H13N5O3. The first-order valence-electron chi connectivity index (χ1n) is 5.81. The highest BCUT2D eigenvalue weighted by atomic mass is 16.4. The van der Waals surface area contributed by atoms with Crippen molar-refractivity contribution in [1.29, 1.82) is 0 Å². The third-order valence-electron chi connectivity index (χ3n) is 3.06. The van der Waals surface area contributed by atoms with Crippen LogP contribution in [0.4, 0.5) is 0 Å². The molecule has 1 heterocycles. The third kappa shape index (κ3) is 2.35. The molecule has 1 atom stereocenters. The van der Waals surface area contributed by atoms with Crippen molar-refractivity contribution in [2.24, 2.45) is 11.1 Å². The number of tetrazole rings is 1.